The highest BCUT2D eigenvalue weighted by molar-refractivity contribution is 9.10. The molecule has 0 fully saturated rings. The van der Waals surface area contributed by atoms with E-state index in [1.54, 1.807) is 12.1 Å². The van der Waals surface area contributed by atoms with Gasteiger partial charge >= 0.3 is 0 Å². The first-order chi connectivity index (χ1) is 10.1. The predicted molar refractivity (Wildman–Crippen MR) is 85.5 cm³/mol. The maximum atomic E-state index is 13.9. The minimum atomic E-state index is -0.314. The van der Waals surface area contributed by atoms with E-state index in [4.69, 9.17) is 4.74 Å². The molecule has 0 bridgehead atoms. The van der Waals surface area contributed by atoms with Gasteiger partial charge in [0.1, 0.15) is 5.82 Å². The Balaban J connectivity index is 2.12. The van der Waals surface area contributed by atoms with Crippen molar-refractivity contribution in [3.63, 3.8) is 0 Å². The lowest BCUT2D eigenvalue weighted by atomic mass is 10.3. The number of ether oxygens (including phenoxy) is 1. The lowest BCUT2D eigenvalue weighted by molar-refractivity contribution is 0.142. The molecule has 6 heteroatoms. The molecule has 0 saturated heterocycles. The van der Waals surface area contributed by atoms with Gasteiger partial charge in [-0.05, 0) is 48.3 Å². The maximum absolute atomic E-state index is 13.9. The van der Waals surface area contributed by atoms with Crippen LogP contribution in [-0.2, 0) is 11.3 Å². The first-order valence-corrected chi connectivity index (χ1v) is 7.73. The number of anilines is 2. The summed E-state index contributed by atoms with van der Waals surface area (Å²) in [5.41, 5.74) is 1.29. The van der Waals surface area contributed by atoms with Gasteiger partial charge in [0.15, 0.2) is 0 Å². The highest BCUT2D eigenvalue weighted by atomic mass is 79.9. The molecule has 1 aromatic heterocycles. The summed E-state index contributed by atoms with van der Waals surface area (Å²) in [4.78, 5) is 4.41. The van der Waals surface area contributed by atoms with Crippen molar-refractivity contribution in [3.8, 4) is 0 Å². The molecule has 0 atom stereocenters. The normalized spacial score (nSPS) is 10.9. The van der Waals surface area contributed by atoms with Gasteiger partial charge in [-0.15, -0.1) is 0 Å². The number of imidazole rings is 1. The molecule has 0 radical (unpaired) electrons. The Morgan fingerprint density at radius 1 is 1.43 bits per heavy atom. The van der Waals surface area contributed by atoms with Gasteiger partial charge in [-0.25, -0.2) is 9.37 Å². The van der Waals surface area contributed by atoms with Crippen molar-refractivity contribution in [2.24, 2.45) is 0 Å². The Morgan fingerprint density at radius 3 is 2.95 bits per heavy atom. The quantitative estimate of drug-likeness (QED) is 0.754. The second-order valence-corrected chi connectivity index (χ2v) is 5.53. The molecule has 0 aliphatic rings. The molecular weight excluding hydrogens is 337 g/mol. The van der Waals surface area contributed by atoms with E-state index in [-0.39, 0.29) is 5.82 Å². The highest BCUT2D eigenvalue weighted by Crippen LogP contribution is 2.28. The largest absolute Gasteiger partial charge is 0.382 e. The Hall–Kier alpha value is -1.40. The third kappa shape index (κ3) is 4.28. The van der Waals surface area contributed by atoms with Crippen molar-refractivity contribution in [3.05, 3.63) is 40.4 Å². The summed E-state index contributed by atoms with van der Waals surface area (Å²) in [5.74, 6) is 0.320. The van der Waals surface area contributed by atoms with Gasteiger partial charge in [-0.1, -0.05) is 6.07 Å². The minimum absolute atomic E-state index is 0.314. The molecule has 4 nitrogen and oxygen atoms in total. The molecular formula is C15H19BrFN3O. The van der Waals surface area contributed by atoms with E-state index in [2.05, 4.69) is 26.2 Å². The zero-order valence-corrected chi connectivity index (χ0v) is 13.8. The molecule has 0 unspecified atom stereocenters. The number of para-hydroxylation sites is 1. The van der Waals surface area contributed by atoms with Gasteiger partial charge in [0, 0.05) is 30.4 Å². The van der Waals surface area contributed by atoms with Crippen LogP contribution in [0.25, 0.3) is 0 Å². The average Bonchev–Trinajstić information content (AvgIpc) is 2.79. The van der Waals surface area contributed by atoms with Crippen molar-refractivity contribution in [2.75, 3.05) is 18.5 Å². The van der Waals surface area contributed by atoms with E-state index in [9.17, 15) is 4.39 Å². The van der Waals surface area contributed by atoms with Crippen LogP contribution >= 0.6 is 15.9 Å². The summed E-state index contributed by atoms with van der Waals surface area (Å²) in [7, 11) is 0. The Morgan fingerprint density at radius 2 is 2.24 bits per heavy atom. The van der Waals surface area contributed by atoms with Crippen LogP contribution in [0.1, 0.15) is 19.0 Å². The number of aryl methyl sites for hydroxylation is 2. The minimum Gasteiger partial charge on any atom is -0.382 e. The number of hydrogen-bond donors (Lipinski definition) is 1. The van der Waals surface area contributed by atoms with Gasteiger partial charge in [0.25, 0.3) is 0 Å². The van der Waals surface area contributed by atoms with Gasteiger partial charge in [-0.3, -0.25) is 0 Å². The van der Waals surface area contributed by atoms with Crippen LogP contribution in [0, 0.1) is 12.7 Å². The SMILES string of the molecule is CCOCCCn1cc(C)nc1Nc1c(F)cccc1Br. The molecule has 0 aliphatic heterocycles. The molecule has 2 rings (SSSR count). The summed E-state index contributed by atoms with van der Waals surface area (Å²) >= 11 is 3.35. The maximum Gasteiger partial charge on any atom is 0.207 e. The van der Waals surface area contributed by atoms with E-state index >= 15 is 0 Å². The number of nitrogens with one attached hydrogen (secondary N) is 1. The molecule has 0 spiro atoms. The third-order valence-corrected chi connectivity index (χ3v) is 3.65. The summed E-state index contributed by atoms with van der Waals surface area (Å²) in [6.45, 7) is 6.09. The van der Waals surface area contributed by atoms with Gasteiger partial charge < -0.3 is 14.6 Å². The lowest BCUT2D eigenvalue weighted by Gasteiger charge is -2.11. The van der Waals surface area contributed by atoms with Crippen molar-refractivity contribution in [1.29, 1.82) is 0 Å². The van der Waals surface area contributed by atoms with Gasteiger partial charge in [0.05, 0.1) is 11.4 Å². The van der Waals surface area contributed by atoms with E-state index in [1.165, 1.54) is 6.07 Å². The number of benzene rings is 1. The molecule has 0 saturated carbocycles. The van der Waals surface area contributed by atoms with Crippen LogP contribution in [0.5, 0.6) is 0 Å². The monoisotopic (exact) mass is 355 g/mol. The van der Waals surface area contributed by atoms with Crippen molar-refractivity contribution in [2.45, 2.75) is 26.8 Å². The number of aromatic nitrogens is 2. The van der Waals surface area contributed by atoms with Crippen molar-refractivity contribution in [1.82, 2.24) is 9.55 Å². The summed E-state index contributed by atoms with van der Waals surface area (Å²) in [6, 6.07) is 4.87. The summed E-state index contributed by atoms with van der Waals surface area (Å²) in [5, 5.41) is 3.06. The highest BCUT2D eigenvalue weighted by Gasteiger charge is 2.11. The third-order valence-electron chi connectivity index (χ3n) is 2.99. The van der Waals surface area contributed by atoms with Crippen molar-refractivity contribution >= 4 is 27.6 Å². The average molecular weight is 356 g/mol. The zero-order chi connectivity index (χ0) is 15.2. The smallest absolute Gasteiger partial charge is 0.207 e. The fraction of sp³-hybridized carbons (Fsp3) is 0.400. The second kappa shape index (κ2) is 7.56. The van der Waals surface area contributed by atoms with Crippen LogP contribution < -0.4 is 5.32 Å². The molecule has 114 valence electrons. The Labute approximate surface area is 132 Å². The van der Waals surface area contributed by atoms with E-state index in [0.29, 0.717) is 22.7 Å². The molecule has 1 aromatic carbocycles. The zero-order valence-electron chi connectivity index (χ0n) is 12.2. The van der Waals surface area contributed by atoms with Gasteiger partial charge in [-0.2, -0.15) is 0 Å². The molecule has 0 amide bonds. The van der Waals surface area contributed by atoms with E-state index < -0.39 is 0 Å². The molecule has 2 aromatic rings. The van der Waals surface area contributed by atoms with Crippen LogP contribution in [0.4, 0.5) is 16.0 Å². The Bertz CT molecular complexity index is 580. The number of halogens is 2. The van der Waals surface area contributed by atoms with Crippen LogP contribution in [0.2, 0.25) is 0 Å². The fourth-order valence-electron chi connectivity index (χ4n) is 2.03. The second-order valence-electron chi connectivity index (χ2n) is 4.67. The number of nitrogens with zero attached hydrogens (tertiary/aromatic N) is 2. The Kier molecular flexibility index (Phi) is 5.76. The topological polar surface area (TPSA) is 39.1 Å². The molecule has 1 heterocycles. The summed E-state index contributed by atoms with van der Waals surface area (Å²) < 4.78 is 21.9. The van der Waals surface area contributed by atoms with Crippen LogP contribution in [0.15, 0.2) is 28.9 Å². The van der Waals surface area contributed by atoms with E-state index in [1.807, 2.05) is 24.6 Å². The number of hydrogen-bond acceptors (Lipinski definition) is 3. The number of rotatable bonds is 7. The summed E-state index contributed by atoms with van der Waals surface area (Å²) in [6.07, 6.45) is 2.83. The first-order valence-electron chi connectivity index (χ1n) is 6.94. The van der Waals surface area contributed by atoms with Gasteiger partial charge in [0.2, 0.25) is 5.95 Å². The van der Waals surface area contributed by atoms with Crippen LogP contribution in [-0.4, -0.2) is 22.8 Å². The standard InChI is InChI=1S/C15H19BrFN3O/c1-3-21-9-5-8-20-10-11(2)18-15(20)19-14-12(16)6-4-7-13(14)17/h4,6-7,10H,3,5,8-9H2,1-2H3,(H,18,19). The fourth-order valence-corrected chi connectivity index (χ4v) is 2.47. The molecule has 21 heavy (non-hydrogen) atoms. The van der Waals surface area contributed by atoms with Crippen LogP contribution in [0.3, 0.4) is 0 Å². The van der Waals surface area contributed by atoms with E-state index in [0.717, 1.165) is 25.3 Å². The van der Waals surface area contributed by atoms with Crippen molar-refractivity contribution < 1.29 is 9.13 Å². The predicted octanol–water partition coefficient (Wildman–Crippen LogP) is 4.26. The molecule has 1 N–H and O–H groups in total. The first kappa shape index (κ1) is 16.0. The lowest BCUT2D eigenvalue weighted by Crippen LogP contribution is -2.07. The molecule has 0 aliphatic carbocycles.